The van der Waals surface area contributed by atoms with Crippen LogP contribution < -0.4 is 10.6 Å². The molecule has 0 spiro atoms. The molecule has 7 nitrogen and oxygen atoms in total. The molecule has 0 saturated carbocycles. The Hall–Kier alpha value is -4.23. The number of carbonyl (C=O) groups is 3. The first-order valence-electron chi connectivity index (χ1n) is 13.3. The van der Waals surface area contributed by atoms with Crippen molar-refractivity contribution in [1.29, 1.82) is 0 Å². The maximum Gasteiger partial charge on any atom is 0.252 e. The Morgan fingerprint density at radius 3 is 2.41 bits per heavy atom. The molecule has 3 aromatic carbocycles. The number of carbonyl (C=O) groups excluding carboxylic acids is 3. The molecule has 0 saturated heterocycles. The molecule has 3 aromatic rings. The van der Waals surface area contributed by atoms with Crippen LogP contribution in [0, 0.1) is 5.92 Å². The lowest BCUT2D eigenvalue weighted by Crippen LogP contribution is -2.43. The van der Waals surface area contributed by atoms with E-state index in [1.165, 1.54) is 5.06 Å². The molecular weight excluding hydrogens is 490 g/mol. The summed E-state index contributed by atoms with van der Waals surface area (Å²) >= 11 is 0. The molecule has 0 aliphatic rings. The predicted octanol–water partition coefficient (Wildman–Crippen LogP) is 5.59. The first-order chi connectivity index (χ1) is 19.0. The Labute approximate surface area is 230 Å². The smallest absolute Gasteiger partial charge is 0.252 e. The van der Waals surface area contributed by atoms with Gasteiger partial charge in [-0.3, -0.25) is 19.2 Å². The minimum atomic E-state index is -0.463. The lowest BCUT2D eigenvalue weighted by Gasteiger charge is -2.23. The number of hydrogen-bond acceptors (Lipinski definition) is 4. The summed E-state index contributed by atoms with van der Waals surface area (Å²) in [6, 6.07) is 24.8. The minimum Gasteiger partial charge on any atom is -0.338 e. The summed E-state index contributed by atoms with van der Waals surface area (Å²) < 4.78 is 0. The summed E-state index contributed by atoms with van der Waals surface area (Å²) in [5.74, 6) is -0.994. The van der Waals surface area contributed by atoms with E-state index in [1.807, 2.05) is 72.8 Å². The van der Waals surface area contributed by atoms with E-state index in [-0.39, 0.29) is 31.6 Å². The van der Waals surface area contributed by atoms with Gasteiger partial charge in [0.15, 0.2) is 0 Å². The molecule has 0 aliphatic heterocycles. The van der Waals surface area contributed by atoms with Gasteiger partial charge in [0, 0.05) is 5.56 Å². The van der Waals surface area contributed by atoms with Crippen LogP contribution in [0.3, 0.4) is 0 Å². The van der Waals surface area contributed by atoms with Crippen molar-refractivity contribution in [3.63, 3.8) is 0 Å². The molecule has 39 heavy (non-hydrogen) atoms. The van der Waals surface area contributed by atoms with Gasteiger partial charge in [-0.15, -0.1) is 0 Å². The molecule has 0 bridgehead atoms. The van der Waals surface area contributed by atoms with Gasteiger partial charge in [-0.05, 0) is 46.9 Å². The molecule has 3 rings (SSSR count). The van der Waals surface area contributed by atoms with Gasteiger partial charge >= 0.3 is 0 Å². The third-order valence-electron chi connectivity index (χ3n) is 6.38. The van der Waals surface area contributed by atoms with E-state index in [4.69, 9.17) is 4.84 Å². The molecule has 204 valence electrons. The SMILES string of the molecule is C=Cc1cccc(-c2cccc(C(=O)NCNC(=O)[C@H](CCCCC)CN(C=O)OCc3ccccc3)c2)c1. The molecule has 3 amide bonds. The van der Waals surface area contributed by atoms with Crippen LogP contribution in [0.5, 0.6) is 0 Å². The second-order valence-corrected chi connectivity index (χ2v) is 9.29. The van der Waals surface area contributed by atoms with Crippen molar-refractivity contribution in [1.82, 2.24) is 15.7 Å². The number of hydroxylamine groups is 2. The number of hydrogen-bond donors (Lipinski definition) is 2. The standard InChI is InChI=1S/C32H37N3O4/c1-3-5-7-15-30(21-35(24-36)39-22-26-12-8-6-9-13-26)32(38)34-23-33-31(37)29-18-11-17-28(20-29)27-16-10-14-25(4-2)19-27/h4,6,8-14,16-20,24,30H,2-3,5,7,15,21-23H2,1H3,(H,33,37)(H,34,38)/t30-/m1/s1. The van der Waals surface area contributed by atoms with Crippen molar-refractivity contribution in [3.8, 4) is 11.1 Å². The van der Waals surface area contributed by atoms with Crippen molar-refractivity contribution >= 4 is 24.3 Å². The van der Waals surface area contributed by atoms with Crippen LogP contribution in [-0.4, -0.2) is 36.5 Å². The first kappa shape index (κ1) is 29.3. The molecule has 7 heteroatoms. The van der Waals surface area contributed by atoms with Crippen LogP contribution in [0.25, 0.3) is 17.2 Å². The Kier molecular flexibility index (Phi) is 12.0. The van der Waals surface area contributed by atoms with E-state index >= 15 is 0 Å². The number of unbranched alkanes of at least 4 members (excludes halogenated alkanes) is 2. The van der Waals surface area contributed by atoms with Gasteiger partial charge < -0.3 is 10.6 Å². The van der Waals surface area contributed by atoms with E-state index in [9.17, 15) is 14.4 Å². The van der Waals surface area contributed by atoms with Crippen LogP contribution in [-0.2, 0) is 21.0 Å². The second kappa shape index (κ2) is 15.9. The quantitative estimate of drug-likeness (QED) is 0.110. The van der Waals surface area contributed by atoms with Gasteiger partial charge in [-0.25, -0.2) is 5.06 Å². The normalized spacial score (nSPS) is 11.3. The zero-order valence-corrected chi connectivity index (χ0v) is 22.5. The largest absolute Gasteiger partial charge is 0.338 e. The Bertz CT molecular complexity index is 1230. The van der Waals surface area contributed by atoms with Gasteiger partial charge in [0.2, 0.25) is 12.3 Å². The third kappa shape index (κ3) is 9.54. The van der Waals surface area contributed by atoms with Crippen molar-refractivity contribution in [2.45, 2.75) is 39.2 Å². The molecule has 0 aromatic heterocycles. The Balaban J connectivity index is 1.56. The average molecular weight is 528 g/mol. The third-order valence-corrected chi connectivity index (χ3v) is 6.38. The van der Waals surface area contributed by atoms with Gasteiger partial charge in [-0.2, -0.15) is 0 Å². The molecular formula is C32H37N3O4. The molecule has 0 fully saturated rings. The number of nitrogens with zero attached hydrogens (tertiary/aromatic N) is 1. The fourth-order valence-corrected chi connectivity index (χ4v) is 4.16. The topological polar surface area (TPSA) is 87.7 Å². The van der Waals surface area contributed by atoms with Gasteiger partial charge in [0.25, 0.3) is 5.91 Å². The monoisotopic (exact) mass is 527 g/mol. The lowest BCUT2D eigenvalue weighted by molar-refractivity contribution is -0.182. The van der Waals surface area contributed by atoms with Crippen molar-refractivity contribution < 1.29 is 19.2 Å². The highest BCUT2D eigenvalue weighted by molar-refractivity contribution is 5.95. The average Bonchev–Trinajstić information content (AvgIpc) is 2.98. The zero-order valence-electron chi connectivity index (χ0n) is 22.5. The summed E-state index contributed by atoms with van der Waals surface area (Å²) in [4.78, 5) is 43.1. The van der Waals surface area contributed by atoms with E-state index < -0.39 is 5.92 Å². The van der Waals surface area contributed by atoms with E-state index in [1.54, 1.807) is 12.1 Å². The van der Waals surface area contributed by atoms with Crippen LogP contribution in [0.15, 0.2) is 85.4 Å². The van der Waals surface area contributed by atoms with Crippen LogP contribution in [0.4, 0.5) is 0 Å². The number of rotatable bonds is 16. The summed E-state index contributed by atoms with van der Waals surface area (Å²) in [6.07, 6.45) is 5.84. The molecule has 0 radical (unpaired) electrons. The van der Waals surface area contributed by atoms with Crippen molar-refractivity contribution in [3.05, 3.63) is 102 Å². The molecule has 2 N–H and O–H groups in total. The zero-order chi connectivity index (χ0) is 27.9. The summed E-state index contributed by atoms with van der Waals surface area (Å²) in [7, 11) is 0. The van der Waals surface area contributed by atoms with Crippen molar-refractivity contribution in [2.75, 3.05) is 13.2 Å². The molecule has 0 heterocycles. The highest BCUT2D eigenvalue weighted by Gasteiger charge is 2.22. The highest BCUT2D eigenvalue weighted by atomic mass is 16.7. The van der Waals surface area contributed by atoms with Crippen molar-refractivity contribution in [2.24, 2.45) is 5.92 Å². The Morgan fingerprint density at radius 2 is 1.69 bits per heavy atom. The fourth-order valence-electron chi connectivity index (χ4n) is 4.16. The highest BCUT2D eigenvalue weighted by Crippen LogP contribution is 2.22. The van der Waals surface area contributed by atoms with Gasteiger partial charge in [0.05, 0.1) is 19.1 Å². The van der Waals surface area contributed by atoms with E-state index in [2.05, 4.69) is 24.1 Å². The first-order valence-corrected chi connectivity index (χ1v) is 13.3. The number of nitrogens with one attached hydrogen (secondary N) is 2. The maximum atomic E-state index is 13.0. The van der Waals surface area contributed by atoms with Crippen LogP contribution in [0.1, 0.15) is 54.1 Å². The maximum absolute atomic E-state index is 13.0. The lowest BCUT2D eigenvalue weighted by atomic mass is 10.00. The van der Waals surface area contributed by atoms with Crippen LogP contribution >= 0.6 is 0 Å². The van der Waals surface area contributed by atoms with E-state index in [0.29, 0.717) is 18.4 Å². The Morgan fingerprint density at radius 1 is 0.949 bits per heavy atom. The number of benzene rings is 3. The second-order valence-electron chi connectivity index (χ2n) is 9.29. The summed E-state index contributed by atoms with van der Waals surface area (Å²) in [5.41, 5.74) is 4.32. The summed E-state index contributed by atoms with van der Waals surface area (Å²) in [5, 5.41) is 6.74. The minimum absolute atomic E-state index is 0.0237. The molecule has 1 atom stereocenters. The molecule has 0 unspecified atom stereocenters. The number of amides is 3. The van der Waals surface area contributed by atoms with Crippen LogP contribution in [0.2, 0.25) is 0 Å². The van der Waals surface area contributed by atoms with E-state index in [0.717, 1.165) is 41.5 Å². The molecule has 0 aliphatic carbocycles. The predicted molar refractivity (Wildman–Crippen MR) is 154 cm³/mol. The fraction of sp³-hybridized carbons (Fsp3) is 0.281. The van der Waals surface area contributed by atoms with Gasteiger partial charge in [-0.1, -0.05) is 99.5 Å². The summed E-state index contributed by atoms with van der Waals surface area (Å²) in [6.45, 7) is 6.24. The van der Waals surface area contributed by atoms with Gasteiger partial charge in [0.1, 0.15) is 6.61 Å².